The number of sulfonamides is 1. The molecule has 0 spiro atoms. The summed E-state index contributed by atoms with van der Waals surface area (Å²) in [7, 11) is -4.14. The third-order valence-corrected chi connectivity index (χ3v) is 7.98. The van der Waals surface area contributed by atoms with Gasteiger partial charge in [0.1, 0.15) is 18.4 Å². The van der Waals surface area contributed by atoms with Crippen LogP contribution in [-0.2, 0) is 26.2 Å². The third kappa shape index (κ3) is 7.66. The minimum absolute atomic E-state index is 0.00989. The summed E-state index contributed by atoms with van der Waals surface area (Å²) in [5.74, 6) is -1.39. The quantitative estimate of drug-likeness (QED) is 0.405. The Balaban J connectivity index is 2.04. The fraction of sp³-hybridized carbons (Fsp3) is 0.333. The second kappa shape index (κ2) is 12.0. The zero-order chi connectivity index (χ0) is 29.0. The van der Waals surface area contributed by atoms with Gasteiger partial charge in [0.2, 0.25) is 11.8 Å². The maximum Gasteiger partial charge on any atom is 0.264 e. The number of para-hydroxylation sites is 1. The molecule has 0 heterocycles. The largest absolute Gasteiger partial charge is 0.350 e. The van der Waals surface area contributed by atoms with E-state index in [1.807, 2.05) is 27.7 Å². The van der Waals surface area contributed by atoms with E-state index in [0.717, 1.165) is 9.87 Å². The number of carbonyl (C=O) groups is 2. The van der Waals surface area contributed by atoms with Crippen LogP contribution in [0, 0.1) is 19.7 Å². The Kier molecular flexibility index (Phi) is 9.17. The Morgan fingerprint density at radius 1 is 0.923 bits per heavy atom. The number of aryl methyl sites for hydroxylation is 2. The van der Waals surface area contributed by atoms with E-state index in [-0.39, 0.29) is 17.3 Å². The van der Waals surface area contributed by atoms with E-state index in [1.165, 1.54) is 41.3 Å². The van der Waals surface area contributed by atoms with E-state index in [9.17, 15) is 22.4 Å². The number of anilines is 1. The molecule has 0 unspecified atom stereocenters. The van der Waals surface area contributed by atoms with Crippen molar-refractivity contribution in [2.24, 2.45) is 0 Å². The van der Waals surface area contributed by atoms with Crippen LogP contribution < -0.4 is 9.62 Å². The molecule has 208 valence electrons. The number of hydrogen-bond acceptors (Lipinski definition) is 4. The van der Waals surface area contributed by atoms with Gasteiger partial charge in [-0.1, -0.05) is 48.0 Å². The van der Waals surface area contributed by atoms with Gasteiger partial charge >= 0.3 is 0 Å². The lowest BCUT2D eigenvalue weighted by molar-refractivity contribution is -0.140. The normalized spacial score (nSPS) is 12.5. The van der Waals surface area contributed by atoms with Crippen molar-refractivity contribution in [3.63, 3.8) is 0 Å². The molecule has 39 heavy (non-hydrogen) atoms. The first-order valence-electron chi connectivity index (χ1n) is 12.7. The Morgan fingerprint density at radius 2 is 1.51 bits per heavy atom. The maximum atomic E-state index is 13.9. The van der Waals surface area contributed by atoms with Crippen molar-refractivity contribution in [3.05, 3.63) is 95.3 Å². The van der Waals surface area contributed by atoms with Gasteiger partial charge in [-0.15, -0.1) is 0 Å². The van der Waals surface area contributed by atoms with Crippen LogP contribution in [0.5, 0.6) is 0 Å². The van der Waals surface area contributed by atoms with E-state index in [4.69, 9.17) is 0 Å². The van der Waals surface area contributed by atoms with Gasteiger partial charge in [-0.2, -0.15) is 0 Å². The van der Waals surface area contributed by atoms with Crippen molar-refractivity contribution >= 4 is 27.5 Å². The summed E-state index contributed by atoms with van der Waals surface area (Å²) < 4.78 is 42.4. The highest BCUT2D eigenvalue weighted by atomic mass is 32.2. The first-order chi connectivity index (χ1) is 18.2. The zero-order valence-electron chi connectivity index (χ0n) is 23.2. The summed E-state index contributed by atoms with van der Waals surface area (Å²) in [6.07, 6.45) is 0. The highest BCUT2D eigenvalue weighted by molar-refractivity contribution is 7.92. The molecule has 0 aliphatic heterocycles. The summed E-state index contributed by atoms with van der Waals surface area (Å²) in [5, 5.41) is 2.88. The summed E-state index contributed by atoms with van der Waals surface area (Å²) in [5.41, 5.74) is 1.99. The van der Waals surface area contributed by atoms with Crippen molar-refractivity contribution in [1.82, 2.24) is 10.2 Å². The number of hydrogen-bond donors (Lipinski definition) is 1. The molecule has 0 aromatic heterocycles. The Labute approximate surface area is 230 Å². The highest BCUT2D eigenvalue weighted by Gasteiger charge is 2.33. The molecule has 0 radical (unpaired) electrons. The fourth-order valence-electron chi connectivity index (χ4n) is 4.04. The predicted octanol–water partition coefficient (Wildman–Crippen LogP) is 4.97. The molecular formula is C30H36FN3O4S. The summed E-state index contributed by atoms with van der Waals surface area (Å²) in [6, 6.07) is 18.0. The number of halogens is 1. The van der Waals surface area contributed by atoms with E-state index in [1.54, 1.807) is 50.2 Å². The van der Waals surface area contributed by atoms with Gasteiger partial charge in [-0.25, -0.2) is 12.8 Å². The molecule has 0 aliphatic rings. The van der Waals surface area contributed by atoms with Gasteiger partial charge in [0.15, 0.2) is 0 Å². The summed E-state index contributed by atoms with van der Waals surface area (Å²) in [4.78, 5) is 28.4. The number of amides is 2. The number of carbonyl (C=O) groups excluding carboxylic acids is 2. The second-order valence-electron chi connectivity index (χ2n) is 10.7. The molecule has 3 aromatic rings. The minimum Gasteiger partial charge on any atom is -0.350 e. The smallest absolute Gasteiger partial charge is 0.264 e. The lowest BCUT2D eigenvalue weighted by atomic mass is 10.1. The Bertz CT molecular complexity index is 1420. The van der Waals surface area contributed by atoms with E-state index in [0.29, 0.717) is 16.8 Å². The van der Waals surface area contributed by atoms with Gasteiger partial charge in [-0.05, 0) is 83.0 Å². The van der Waals surface area contributed by atoms with Gasteiger partial charge in [-0.3, -0.25) is 13.9 Å². The van der Waals surface area contributed by atoms with Crippen LogP contribution in [0.3, 0.4) is 0 Å². The number of nitrogens with one attached hydrogen (secondary N) is 1. The molecule has 0 saturated carbocycles. The lowest BCUT2D eigenvalue weighted by Crippen LogP contribution is -2.54. The summed E-state index contributed by atoms with van der Waals surface area (Å²) >= 11 is 0. The lowest BCUT2D eigenvalue weighted by Gasteiger charge is -2.33. The van der Waals surface area contributed by atoms with Crippen molar-refractivity contribution in [2.45, 2.75) is 64.6 Å². The monoisotopic (exact) mass is 553 g/mol. The molecule has 2 amide bonds. The predicted molar refractivity (Wildman–Crippen MR) is 151 cm³/mol. The highest BCUT2D eigenvalue weighted by Crippen LogP contribution is 2.27. The average molecular weight is 554 g/mol. The van der Waals surface area contributed by atoms with Crippen LogP contribution in [0.25, 0.3) is 0 Å². The van der Waals surface area contributed by atoms with Gasteiger partial charge in [0, 0.05) is 12.1 Å². The average Bonchev–Trinajstić information content (AvgIpc) is 2.86. The van der Waals surface area contributed by atoms with Crippen LogP contribution in [0.2, 0.25) is 0 Å². The topological polar surface area (TPSA) is 86.8 Å². The standard InChI is InChI=1S/C30H36FN3O4S/c1-21-11-17-26(18-12-21)39(37,38)34(27-10-8-7-9-22(27)2)20-28(35)33(19-24-13-15-25(31)16-14-24)23(3)29(36)32-30(4,5)6/h7-18,23H,19-20H2,1-6H3,(H,32,36)/t23-/m0/s1. The zero-order valence-corrected chi connectivity index (χ0v) is 24.0. The molecular weight excluding hydrogens is 517 g/mol. The molecule has 1 N–H and O–H groups in total. The van der Waals surface area contributed by atoms with Crippen LogP contribution >= 0.6 is 0 Å². The molecule has 0 aliphatic carbocycles. The van der Waals surface area contributed by atoms with Gasteiger partial charge < -0.3 is 10.2 Å². The van der Waals surface area contributed by atoms with Crippen molar-refractivity contribution in [3.8, 4) is 0 Å². The molecule has 3 rings (SSSR count). The molecule has 7 nitrogen and oxygen atoms in total. The van der Waals surface area contributed by atoms with Gasteiger partial charge in [0.25, 0.3) is 10.0 Å². The molecule has 9 heteroatoms. The Hall–Kier alpha value is -3.72. The second-order valence-corrected chi connectivity index (χ2v) is 12.5. The van der Waals surface area contributed by atoms with Gasteiger partial charge in [0.05, 0.1) is 10.6 Å². The van der Waals surface area contributed by atoms with Crippen molar-refractivity contribution < 1.29 is 22.4 Å². The molecule has 0 bridgehead atoms. The number of rotatable bonds is 9. The third-order valence-electron chi connectivity index (χ3n) is 6.20. The Morgan fingerprint density at radius 3 is 2.08 bits per heavy atom. The fourth-order valence-corrected chi connectivity index (χ4v) is 5.52. The van der Waals surface area contributed by atoms with Crippen LogP contribution in [0.4, 0.5) is 10.1 Å². The molecule has 0 fully saturated rings. The van der Waals surface area contributed by atoms with Crippen LogP contribution in [0.1, 0.15) is 44.4 Å². The molecule has 1 atom stereocenters. The number of nitrogens with zero attached hydrogens (tertiary/aromatic N) is 2. The first kappa shape index (κ1) is 29.8. The van der Waals surface area contributed by atoms with Crippen LogP contribution in [-0.4, -0.2) is 43.3 Å². The first-order valence-corrected chi connectivity index (χ1v) is 14.1. The summed E-state index contributed by atoms with van der Waals surface area (Å²) in [6.45, 7) is 10.2. The van der Waals surface area contributed by atoms with E-state index < -0.39 is 39.9 Å². The SMILES string of the molecule is Cc1ccc(S(=O)(=O)N(CC(=O)N(Cc2ccc(F)cc2)[C@@H](C)C(=O)NC(C)(C)C)c2ccccc2C)cc1. The van der Waals surface area contributed by atoms with E-state index >= 15 is 0 Å². The van der Waals surface area contributed by atoms with Crippen LogP contribution in [0.15, 0.2) is 77.7 Å². The van der Waals surface area contributed by atoms with Crippen molar-refractivity contribution in [1.29, 1.82) is 0 Å². The van der Waals surface area contributed by atoms with E-state index in [2.05, 4.69) is 5.32 Å². The number of benzene rings is 3. The molecule has 0 saturated heterocycles. The maximum absolute atomic E-state index is 13.9. The minimum atomic E-state index is -4.14. The van der Waals surface area contributed by atoms with Crippen molar-refractivity contribution in [2.75, 3.05) is 10.8 Å². The molecule has 3 aromatic carbocycles.